The van der Waals surface area contributed by atoms with Gasteiger partial charge in [-0.2, -0.15) is 34.8 Å². The number of ether oxygens (including phenoxy) is 1. The number of thioether (sulfide) groups is 1. The van der Waals surface area contributed by atoms with Crippen molar-refractivity contribution >= 4 is 32.9 Å². The molecule has 0 heterocycles. The van der Waals surface area contributed by atoms with Crippen LogP contribution in [0.1, 0.15) is 22.3 Å². The summed E-state index contributed by atoms with van der Waals surface area (Å²) in [5, 5.41) is 2.63. The molecule has 0 aliphatic rings. The summed E-state index contributed by atoms with van der Waals surface area (Å²) in [6, 6.07) is 6.94. The van der Waals surface area contributed by atoms with Crippen LogP contribution in [0.4, 0.5) is 26.3 Å². The van der Waals surface area contributed by atoms with E-state index >= 15 is 0 Å². The van der Waals surface area contributed by atoms with Crippen LogP contribution in [0.15, 0.2) is 52.5 Å². The zero-order valence-corrected chi connectivity index (χ0v) is 18.5. The predicted molar refractivity (Wildman–Crippen MR) is 107 cm³/mol. The van der Waals surface area contributed by atoms with Crippen molar-refractivity contribution in [3.8, 4) is 0 Å². The van der Waals surface area contributed by atoms with Crippen LogP contribution in [0.5, 0.6) is 0 Å². The van der Waals surface area contributed by atoms with Crippen molar-refractivity contribution in [2.24, 2.45) is 5.16 Å². The van der Waals surface area contributed by atoms with E-state index < -0.39 is 55.9 Å². The summed E-state index contributed by atoms with van der Waals surface area (Å²) in [6.07, 6.45) is -10.3. The molecule has 14 heteroatoms. The number of hydrogen-bond donors (Lipinski definition) is 0. The van der Waals surface area contributed by atoms with Crippen molar-refractivity contribution in [2.75, 3.05) is 7.11 Å². The van der Waals surface area contributed by atoms with Gasteiger partial charge in [-0.05, 0) is 42.8 Å². The minimum Gasteiger partial charge on any atom is -0.464 e. The predicted octanol–water partition coefficient (Wildman–Crippen LogP) is 5.16. The normalized spacial score (nSPS) is 13.0. The minimum absolute atomic E-state index is 0.136. The van der Waals surface area contributed by atoms with Gasteiger partial charge in [0.15, 0.2) is 0 Å². The highest BCUT2D eigenvalue weighted by molar-refractivity contribution is 8.15. The molecule has 0 aliphatic heterocycles. The number of alkyl halides is 6. The molecule has 0 aliphatic carbocycles. The number of oxime groups is 1. The fourth-order valence-corrected chi connectivity index (χ4v) is 3.93. The van der Waals surface area contributed by atoms with E-state index in [0.717, 1.165) is 12.7 Å². The molecule has 0 aromatic heterocycles. The summed E-state index contributed by atoms with van der Waals surface area (Å²) in [7, 11) is -3.85. The van der Waals surface area contributed by atoms with Crippen LogP contribution in [-0.4, -0.2) is 26.5 Å². The number of aryl methyl sites for hydroxylation is 1. The van der Waals surface area contributed by atoms with Crippen LogP contribution in [0.25, 0.3) is 0 Å². The highest BCUT2D eigenvalue weighted by atomic mass is 32.2. The fourth-order valence-electron chi connectivity index (χ4n) is 2.33. The lowest BCUT2D eigenvalue weighted by Gasteiger charge is -2.14. The third-order valence-electron chi connectivity index (χ3n) is 3.82. The topological polar surface area (TPSA) is 82.0 Å². The standard InChI is InChI=1S/C19H15F6NO5S2/c1-11-3-5-15(6-4-11)32-16(17(27)30-2)26-31-33(28,29)10-12-7-13(18(20,21)22)9-14(8-12)19(23,24)25/h3-9H,10H2,1-2H3. The van der Waals surface area contributed by atoms with Gasteiger partial charge in [0.1, 0.15) is 5.75 Å². The van der Waals surface area contributed by atoms with Crippen LogP contribution >= 0.6 is 11.8 Å². The summed E-state index contributed by atoms with van der Waals surface area (Å²) < 4.78 is 111. The van der Waals surface area contributed by atoms with E-state index in [1.54, 1.807) is 31.2 Å². The number of esters is 1. The smallest absolute Gasteiger partial charge is 0.416 e. The average molecular weight is 515 g/mol. The zero-order valence-electron chi connectivity index (χ0n) is 16.8. The van der Waals surface area contributed by atoms with Gasteiger partial charge in [-0.3, -0.25) is 4.28 Å². The maximum absolute atomic E-state index is 13.0. The summed E-state index contributed by atoms with van der Waals surface area (Å²) in [5.41, 5.74) is -3.31. The third kappa shape index (κ3) is 7.96. The Kier molecular flexibility index (Phi) is 8.06. The second-order valence-corrected chi connectivity index (χ2v) is 9.11. The molecule has 0 saturated carbocycles. The van der Waals surface area contributed by atoms with Crippen LogP contribution in [0.3, 0.4) is 0 Å². The summed E-state index contributed by atoms with van der Waals surface area (Å²) in [6.45, 7) is 1.80. The SMILES string of the molecule is COC(=O)C(=NOS(=O)(=O)Cc1cc(C(F)(F)F)cc(C(F)(F)F)c1)Sc1ccc(C)cc1. The number of methoxy groups -OCH3 is 1. The number of carbonyl (C=O) groups excluding carboxylic acids is 1. The Morgan fingerprint density at radius 2 is 1.48 bits per heavy atom. The molecule has 0 atom stereocenters. The molecule has 0 unspecified atom stereocenters. The first kappa shape index (κ1) is 26.5. The molecule has 0 spiro atoms. The number of rotatable bonds is 5. The van der Waals surface area contributed by atoms with E-state index in [9.17, 15) is 39.6 Å². The van der Waals surface area contributed by atoms with Crippen molar-refractivity contribution in [2.45, 2.75) is 29.9 Å². The molecule has 0 N–H and O–H groups in total. The summed E-state index contributed by atoms with van der Waals surface area (Å²) in [4.78, 5) is 12.3. The first-order chi connectivity index (χ1) is 15.1. The number of hydrogen-bond acceptors (Lipinski definition) is 7. The van der Waals surface area contributed by atoms with E-state index in [4.69, 9.17) is 0 Å². The van der Waals surface area contributed by atoms with E-state index in [1.165, 1.54) is 0 Å². The van der Waals surface area contributed by atoms with Crippen molar-refractivity contribution < 1.29 is 48.6 Å². The van der Waals surface area contributed by atoms with Crippen molar-refractivity contribution in [3.05, 3.63) is 64.7 Å². The molecule has 2 aromatic carbocycles. The van der Waals surface area contributed by atoms with Crippen molar-refractivity contribution in [1.29, 1.82) is 0 Å². The second kappa shape index (κ2) is 10.0. The number of benzene rings is 2. The van der Waals surface area contributed by atoms with Gasteiger partial charge in [-0.1, -0.05) is 34.6 Å². The van der Waals surface area contributed by atoms with Gasteiger partial charge >= 0.3 is 28.4 Å². The minimum atomic E-state index is -5.15. The number of halogens is 6. The largest absolute Gasteiger partial charge is 0.464 e. The van der Waals surface area contributed by atoms with Crippen LogP contribution in [0.2, 0.25) is 0 Å². The lowest BCUT2D eigenvalue weighted by molar-refractivity contribution is -0.143. The maximum atomic E-state index is 13.0. The quantitative estimate of drug-likeness (QED) is 0.137. The fraction of sp³-hybridized carbons (Fsp3) is 0.263. The van der Waals surface area contributed by atoms with E-state index in [-0.39, 0.29) is 18.2 Å². The Labute approximate surface area is 188 Å². The van der Waals surface area contributed by atoms with E-state index in [1.807, 2.05) is 0 Å². The number of carbonyl (C=O) groups is 1. The van der Waals surface area contributed by atoms with Crippen LogP contribution < -0.4 is 0 Å². The molecular formula is C19H15F6NO5S2. The monoisotopic (exact) mass is 515 g/mol. The average Bonchev–Trinajstić information content (AvgIpc) is 2.70. The van der Waals surface area contributed by atoms with Gasteiger partial charge < -0.3 is 4.74 Å². The first-order valence-corrected chi connectivity index (χ1v) is 11.1. The van der Waals surface area contributed by atoms with Gasteiger partial charge in [0.25, 0.3) is 0 Å². The Hall–Kier alpha value is -2.74. The van der Waals surface area contributed by atoms with Gasteiger partial charge in [0.2, 0.25) is 5.04 Å². The van der Waals surface area contributed by atoms with Crippen LogP contribution in [0, 0.1) is 6.92 Å². The molecule has 33 heavy (non-hydrogen) atoms. The van der Waals surface area contributed by atoms with Gasteiger partial charge in [-0.15, -0.1) is 0 Å². The molecule has 0 bridgehead atoms. The number of nitrogens with zero attached hydrogens (tertiary/aromatic N) is 1. The van der Waals surface area contributed by atoms with Crippen LogP contribution in [-0.2, 0) is 42.0 Å². The molecular weight excluding hydrogens is 500 g/mol. The molecule has 2 rings (SSSR count). The van der Waals surface area contributed by atoms with Gasteiger partial charge in [0.05, 0.1) is 18.2 Å². The Bertz CT molecular complexity index is 1110. The third-order valence-corrected chi connectivity index (χ3v) is 5.75. The first-order valence-electron chi connectivity index (χ1n) is 8.71. The Morgan fingerprint density at radius 1 is 0.970 bits per heavy atom. The van der Waals surface area contributed by atoms with Crippen molar-refractivity contribution in [3.63, 3.8) is 0 Å². The maximum Gasteiger partial charge on any atom is 0.416 e. The second-order valence-electron chi connectivity index (χ2n) is 6.49. The Morgan fingerprint density at radius 3 is 1.94 bits per heavy atom. The summed E-state index contributed by atoms with van der Waals surface area (Å²) in [5.74, 6) is -2.44. The molecule has 6 nitrogen and oxygen atoms in total. The molecule has 2 aromatic rings. The highest BCUT2D eigenvalue weighted by Gasteiger charge is 2.37. The van der Waals surface area contributed by atoms with Crippen molar-refractivity contribution in [1.82, 2.24) is 0 Å². The highest BCUT2D eigenvalue weighted by Crippen LogP contribution is 2.36. The lowest BCUT2D eigenvalue weighted by atomic mass is 10.1. The molecule has 0 saturated heterocycles. The van der Waals surface area contributed by atoms with Gasteiger partial charge in [-0.25, -0.2) is 4.79 Å². The van der Waals surface area contributed by atoms with E-state index in [2.05, 4.69) is 14.2 Å². The molecule has 0 amide bonds. The Balaban J connectivity index is 2.32. The molecule has 180 valence electrons. The lowest BCUT2D eigenvalue weighted by Crippen LogP contribution is -2.16. The molecule has 0 fully saturated rings. The summed E-state index contributed by atoms with van der Waals surface area (Å²) >= 11 is 0.677. The molecule has 0 radical (unpaired) electrons. The van der Waals surface area contributed by atoms with Gasteiger partial charge in [0, 0.05) is 4.90 Å². The van der Waals surface area contributed by atoms with E-state index in [0.29, 0.717) is 16.7 Å². The zero-order chi connectivity index (χ0) is 25.0.